The maximum absolute atomic E-state index is 11.7. The number of nitrogens with one attached hydrogen (secondary N) is 1. The number of amides is 1. The predicted molar refractivity (Wildman–Crippen MR) is 70.4 cm³/mol. The maximum atomic E-state index is 11.7. The predicted octanol–water partition coefficient (Wildman–Crippen LogP) is 2.72. The first kappa shape index (κ1) is 13.7. The van der Waals surface area contributed by atoms with Gasteiger partial charge in [0, 0.05) is 4.47 Å². The van der Waals surface area contributed by atoms with E-state index in [-0.39, 0.29) is 12.3 Å². The van der Waals surface area contributed by atoms with Crippen LogP contribution in [0.25, 0.3) is 0 Å². The van der Waals surface area contributed by atoms with E-state index in [2.05, 4.69) is 21.2 Å². The summed E-state index contributed by atoms with van der Waals surface area (Å²) in [5, 5.41) is 11.5. The smallest absolute Gasteiger partial charge is 0.225 e. The van der Waals surface area contributed by atoms with Crippen LogP contribution in [0.2, 0.25) is 0 Å². The minimum absolute atomic E-state index is 0.146. The second-order valence-corrected chi connectivity index (χ2v) is 5.40. The first-order valence-corrected chi connectivity index (χ1v) is 6.10. The van der Waals surface area contributed by atoms with Crippen molar-refractivity contribution in [2.45, 2.75) is 32.7 Å². The van der Waals surface area contributed by atoms with Gasteiger partial charge in [-0.3, -0.25) is 4.79 Å². The number of nitrogens with zero attached hydrogens (tertiary/aromatic N) is 1. The number of carbonyl (C=O) groups is 1. The number of rotatable bonds is 3. The Kier molecular flexibility index (Phi) is 4.30. The van der Waals surface area contributed by atoms with E-state index in [1.54, 1.807) is 13.8 Å². The fourth-order valence-electron chi connectivity index (χ4n) is 1.35. The molecule has 4 heteroatoms. The zero-order chi connectivity index (χ0) is 13.1. The van der Waals surface area contributed by atoms with E-state index in [1.165, 1.54) is 0 Å². The Morgan fingerprint density at radius 3 is 2.71 bits per heavy atom. The maximum Gasteiger partial charge on any atom is 0.225 e. The average molecular weight is 295 g/mol. The molecular weight excluding hydrogens is 280 g/mol. The van der Waals surface area contributed by atoms with Crippen LogP contribution in [0.3, 0.4) is 0 Å². The van der Waals surface area contributed by atoms with Crippen LogP contribution >= 0.6 is 15.9 Å². The van der Waals surface area contributed by atoms with E-state index in [0.717, 1.165) is 15.6 Å². The topological polar surface area (TPSA) is 52.9 Å². The molecule has 0 radical (unpaired) electrons. The molecule has 0 unspecified atom stereocenters. The highest BCUT2D eigenvalue weighted by Gasteiger charge is 2.19. The molecule has 0 aliphatic heterocycles. The lowest BCUT2D eigenvalue weighted by molar-refractivity contribution is -0.121. The number of hydrogen-bond donors (Lipinski definition) is 1. The summed E-state index contributed by atoms with van der Waals surface area (Å²) in [5.74, 6) is -0.146. The molecule has 0 atom stereocenters. The lowest BCUT2D eigenvalue weighted by Gasteiger charge is -2.17. The summed E-state index contributed by atoms with van der Waals surface area (Å²) in [4.78, 5) is 11.7. The van der Waals surface area contributed by atoms with Gasteiger partial charge in [0.25, 0.3) is 0 Å². The SMILES string of the molecule is Cc1ccc(CC(=O)NC(C)(C)C#N)cc1Br. The van der Waals surface area contributed by atoms with Crippen molar-refractivity contribution in [3.05, 3.63) is 33.8 Å². The second-order valence-electron chi connectivity index (χ2n) is 4.55. The standard InChI is InChI=1S/C13H15BrN2O/c1-9-4-5-10(6-11(9)14)7-12(17)16-13(2,3)8-15/h4-6H,7H2,1-3H3,(H,16,17). The summed E-state index contributed by atoms with van der Waals surface area (Å²) >= 11 is 3.43. The molecule has 0 aromatic heterocycles. The van der Waals surface area contributed by atoms with Gasteiger partial charge in [-0.1, -0.05) is 28.1 Å². The van der Waals surface area contributed by atoms with Crippen LogP contribution in [0.4, 0.5) is 0 Å². The van der Waals surface area contributed by atoms with Gasteiger partial charge in [-0.15, -0.1) is 0 Å². The molecule has 0 heterocycles. The normalized spacial score (nSPS) is 10.8. The van der Waals surface area contributed by atoms with Crippen LogP contribution in [0.1, 0.15) is 25.0 Å². The van der Waals surface area contributed by atoms with Crippen LogP contribution in [0, 0.1) is 18.3 Å². The Balaban J connectivity index is 2.69. The number of nitriles is 1. The second kappa shape index (κ2) is 5.33. The van der Waals surface area contributed by atoms with Crippen LogP contribution in [-0.2, 0) is 11.2 Å². The Bertz CT molecular complexity index is 475. The van der Waals surface area contributed by atoms with Crippen molar-refractivity contribution in [3.63, 3.8) is 0 Å². The van der Waals surface area contributed by atoms with Gasteiger partial charge in [0.2, 0.25) is 5.91 Å². The Morgan fingerprint density at radius 1 is 1.53 bits per heavy atom. The number of hydrogen-bond acceptors (Lipinski definition) is 2. The van der Waals surface area contributed by atoms with Gasteiger partial charge < -0.3 is 5.32 Å². The molecule has 1 amide bonds. The molecule has 1 aromatic rings. The van der Waals surface area contributed by atoms with E-state index in [4.69, 9.17) is 5.26 Å². The largest absolute Gasteiger partial charge is 0.338 e. The average Bonchev–Trinajstić information content (AvgIpc) is 2.23. The van der Waals surface area contributed by atoms with Gasteiger partial charge in [0.05, 0.1) is 12.5 Å². The molecule has 0 aliphatic carbocycles. The van der Waals surface area contributed by atoms with Crippen LogP contribution < -0.4 is 5.32 Å². The third-order valence-electron chi connectivity index (χ3n) is 2.33. The van der Waals surface area contributed by atoms with Crippen LogP contribution in [0.5, 0.6) is 0 Å². The van der Waals surface area contributed by atoms with Crippen molar-refractivity contribution in [3.8, 4) is 6.07 Å². The molecule has 0 bridgehead atoms. The van der Waals surface area contributed by atoms with Crippen molar-refractivity contribution in [2.24, 2.45) is 0 Å². The Hall–Kier alpha value is -1.34. The fourth-order valence-corrected chi connectivity index (χ4v) is 1.78. The molecule has 90 valence electrons. The fraction of sp³-hybridized carbons (Fsp3) is 0.385. The molecule has 0 spiro atoms. The van der Waals surface area contributed by atoms with E-state index >= 15 is 0 Å². The molecule has 17 heavy (non-hydrogen) atoms. The monoisotopic (exact) mass is 294 g/mol. The van der Waals surface area contributed by atoms with Crippen molar-refractivity contribution >= 4 is 21.8 Å². The zero-order valence-corrected chi connectivity index (χ0v) is 11.8. The quantitative estimate of drug-likeness (QED) is 0.932. The highest BCUT2D eigenvalue weighted by molar-refractivity contribution is 9.10. The molecule has 0 saturated carbocycles. The Morgan fingerprint density at radius 2 is 2.18 bits per heavy atom. The highest BCUT2D eigenvalue weighted by atomic mass is 79.9. The first-order valence-electron chi connectivity index (χ1n) is 5.31. The molecule has 0 saturated heterocycles. The number of benzene rings is 1. The summed E-state index contributed by atoms with van der Waals surface area (Å²) in [6, 6.07) is 7.84. The first-order chi connectivity index (χ1) is 7.84. The van der Waals surface area contributed by atoms with Gasteiger partial charge in [-0.2, -0.15) is 5.26 Å². The summed E-state index contributed by atoms with van der Waals surface area (Å²) < 4.78 is 0.988. The number of halogens is 1. The number of aryl methyl sites for hydroxylation is 1. The van der Waals surface area contributed by atoms with Crippen molar-refractivity contribution in [1.82, 2.24) is 5.32 Å². The van der Waals surface area contributed by atoms with Crippen LogP contribution in [0.15, 0.2) is 22.7 Å². The van der Waals surface area contributed by atoms with E-state index < -0.39 is 5.54 Å². The minimum Gasteiger partial charge on any atom is -0.338 e. The molecule has 3 nitrogen and oxygen atoms in total. The van der Waals surface area contributed by atoms with Crippen molar-refractivity contribution < 1.29 is 4.79 Å². The van der Waals surface area contributed by atoms with E-state index in [9.17, 15) is 4.79 Å². The molecule has 0 fully saturated rings. The van der Waals surface area contributed by atoms with Gasteiger partial charge in [0.15, 0.2) is 0 Å². The third kappa shape index (κ3) is 4.20. The Labute approximate surface area is 110 Å². The van der Waals surface area contributed by atoms with Crippen LogP contribution in [-0.4, -0.2) is 11.4 Å². The summed E-state index contributed by atoms with van der Waals surface area (Å²) in [6.45, 7) is 5.35. The summed E-state index contributed by atoms with van der Waals surface area (Å²) in [7, 11) is 0. The molecule has 1 aromatic carbocycles. The minimum atomic E-state index is -0.820. The van der Waals surface area contributed by atoms with Gasteiger partial charge >= 0.3 is 0 Å². The lowest BCUT2D eigenvalue weighted by Crippen LogP contribution is -2.42. The lowest BCUT2D eigenvalue weighted by atomic mass is 10.1. The molecule has 1 N–H and O–H groups in total. The number of carbonyl (C=O) groups excluding carboxylic acids is 1. The van der Waals surface area contributed by atoms with Gasteiger partial charge in [0.1, 0.15) is 5.54 Å². The zero-order valence-electron chi connectivity index (χ0n) is 10.2. The van der Waals surface area contributed by atoms with E-state index in [1.807, 2.05) is 31.2 Å². The molecule has 0 aliphatic rings. The van der Waals surface area contributed by atoms with Crippen molar-refractivity contribution in [1.29, 1.82) is 5.26 Å². The summed E-state index contributed by atoms with van der Waals surface area (Å²) in [5.41, 5.74) is 1.24. The highest BCUT2D eigenvalue weighted by Crippen LogP contribution is 2.17. The van der Waals surface area contributed by atoms with Gasteiger partial charge in [-0.05, 0) is 38.0 Å². The summed E-state index contributed by atoms with van der Waals surface area (Å²) in [6.07, 6.45) is 0.282. The third-order valence-corrected chi connectivity index (χ3v) is 3.19. The molecule has 1 rings (SSSR count). The van der Waals surface area contributed by atoms with Gasteiger partial charge in [-0.25, -0.2) is 0 Å². The van der Waals surface area contributed by atoms with E-state index in [0.29, 0.717) is 0 Å². The molecular formula is C13H15BrN2O. The van der Waals surface area contributed by atoms with Crippen molar-refractivity contribution in [2.75, 3.05) is 0 Å².